The van der Waals surface area contributed by atoms with Crippen LogP contribution in [0.2, 0.25) is 0 Å². The first-order valence-corrected chi connectivity index (χ1v) is 15.0. The maximum absolute atomic E-state index is 14.2. The van der Waals surface area contributed by atoms with Gasteiger partial charge in [0.05, 0.1) is 5.60 Å². The molecule has 3 aliphatic rings. The van der Waals surface area contributed by atoms with Crippen molar-refractivity contribution >= 4 is 27.8 Å². The van der Waals surface area contributed by atoms with Crippen LogP contribution in [0.15, 0.2) is 29.2 Å². The number of fused-ring (bicyclic) bond motifs is 3. The molecule has 2 aliphatic carbocycles. The molecule has 0 unspecified atom stereocenters. The van der Waals surface area contributed by atoms with Gasteiger partial charge in [-0.2, -0.15) is 4.98 Å². The van der Waals surface area contributed by atoms with E-state index in [0.29, 0.717) is 30.5 Å². The summed E-state index contributed by atoms with van der Waals surface area (Å²) in [5.41, 5.74) is 1.25. The van der Waals surface area contributed by atoms with Crippen LogP contribution in [0.25, 0.3) is 21.8 Å². The number of nitrogens with one attached hydrogen (secondary N) is 1. The lowest BCUT2D eigenvalue weighted by Gasteiger charge is -2.37. The maximum Gasteiger partial charge on any atom is 0.260 e. The van der Waals surface area contributed by atoms with Crippen LogP contribution in [0, 0.1) is 5.92 Å². The number of hydrogen-bond donors (Lipinski definition) is 2. The van der Waals surface area contributed by atoms with Crippen molar-refractivity contribution in [3.8, 4) is 0 Å². The predicted octanol–water partition coefficient (Wildman–Crippen LogP) is 4.55. The van der Waals surface area contributed by atoms with E-state index >= 15 is 0 Å². The van der Waals surface area contributed by atoms with Crippen LogP contribution in [-0.4, -0.2) is 73.8 Å². The molecule has 8 nitrogen and oxygen atoms in total. The molecular formula is C31H44N6O2. The van der Waals surface area contributed by atoms with E-state index in [4.69, 9.17) is 4.98 Å². The minimum absolute atomic E-state index is 0.0200. The number of benzene rings is 1. The largest absolute Gasteiger partial charge is 0.390 e. The van der Waals surface area contributed by atoms with E-state index in [-0.39, 0.29) is 11.6 Å². The van der Waals surface area contributed by atoms with Crippen LogP contribution < -0.4 is 10.9 Å². The molecule has 0 spiro atoms. The minimum atomic E-state index is -0.663. The van der Waals surface area contributed by atoms with E-state index in [0.717, 1.165) is 80.6 Å². The highest BCUT2D eigenvalue weighted by Crippen LogP contribution is 2.36. The van der Waals surface area contributed by atoms with Crippen LogP contribution in [-0.2, 0) is 6.54 Å². The van der Waals surface area contributed by atoms with Crippen molar-refractivity contribution in [2.24, 2.45) is 5.92 Å². The molecule has 8 heteroatoms. The maximum atomic E-state index is 14.2. The molecule has 2 saturated carbocycles. The summed E-state index contributed by atoms with van der Waals surface area (Å²) in [5, 5.41) is 16.6. The van der Waals surface area contributed by atoms with Gasteiger partial charge in [0.2, 0.25) is 5.95 Å². The first-order valence-electron chi connectivity index (χ1n) is 15.0. The zero-order valence-corrected chi connectivity index (χ0v) is 23.8. The molecule has 210 valence electrons. The fourth-order valence-corrected chi connectivity index (χ4v) is 6.47. The Morgan fingerprint density at radius 2 is 1.79 bits per heavy atom. The van der Waals surface area contributed by atoms with Crippen molar-refractivity contribution in [3.63, 3.8) is 0 Å². The quantitative estimate of drug-likeness (QED) is 0.412. The number of anilines is 1. The van der Waals surface area contributed by atoms with Crippen molar-refractivity contribution < 1.29 is 5.11 Å². The molecular weight excluding hydrogens is 488 g/mol. The van der Waals surface area contributed by atoms with Gasteiger partial charge >= 0.3 is 0 Å². The Labute approximate surface area is 231 Å². The van der Waals surface area contributed by atoms with Gasteiger partial charge in [-0.15, -0.1) is 0 Å². The normalized spacial score (nSPS) is 25.1. The van der Waals surface area contributed by atoms with Crippen LogP contribution >= 0.6 is 0 Å². The van der Waals surface area contributed by atoms with E-state index in [9.17, 15) is 9.90 Å². The molecule has 0 radical (unpaired) electrons. The smallest absolute Gasteiger partial charge is 0.260 e. The molecule has 1 aliphatic heterocycles. The third-order valence-electron chi connectivity index (χ3n) is 9.29. The van der Waals surface area contributed by atoms with E-state index < -0.39 is 5.60 Å². The summed E-state index contributed by atoms with van der Waals surface area (Å²) in [6.07, 6.45) is 8.58. The number of aromatic nitrogens is 3. The summed E-state index contributed by atoms with van der Waals surface area (Å²) >= 11 is 0. The van der Waals surface area contributed by atoms with Crippen LogP contribution in [0.1, 0.15) is 77.3 Å². The highest BCUT2D eigenvalue weighted by atomic mass is 16.3. The number of pyridine rings is 1. The Morgan fingerprint density at radius 1 is 1.05 bits per heavy atom. The lowest BCUT2D eigenvalue weighted by Crippen LogP contribution is -2.48. The second kappa shape index (κ2) is 10.8. The topological polar surface area (TPSA) is 86.5 Å². The van der Waals surface area contributed by atoms with Gasteiger partial charge in [-0.05, 0) is 75.8 Å². The minimum Gasteiger partial charge on any atom is -0.390 e. The standard InChI is InChI=1S/C31H44N6O2/c1-21(2)36-16-14-35(15-17-36)20-23-6-7-25-26(18-23)29(38)37(24-8-11-31(3,39)12-9-24)28-27(25)19-33-30(34-28)32-13-10-22-4-5-22/h6-7,18-19,21-22,24,39H,4-5,8-17,20H2,1-3H3,(H,32,33,34)/t24-,31-. The number of hydrogen-bond acceptors (Lipinski definition) is 7. The third kappa shape index (κ3) is 5.83. The Morgan fingerprint density at radius 3 is 2.49 bits per heavy atom. The monoisotopic (exact) mass is 532 g/mol. The highest BCUT2D eigenvalue weighted by molar-refractivity contribution is 6.04. The van der Waals surface area contributed by atoms with Gasteiger partial charge in [-0.25, -0.2) is 4.98 Å². The lowest BCUT2D eigenvalue weighted by molar-refractivity contribution is 0.0100. The fourth-order valence-electron chi connectivity index (χ4n) is 6.47. The van der Waals surface area contributed by atoms with Gasteiger partial charge in [0.1, 0.15) is 5.65 Å². The molecule has 0 bridgehead atoms. The van der Waals surface area contributed by atoms with Crippen LogP contribution in [0.5, 0.6) is 0 Å². The SMILES string of the molecule is CC(C)N1CCN(Cc2ccc3c(c2)c(=O)n([C@H]2CC[C@](C)(O)CC2)c2nc(NCCC4CC4)ncc32)CC1. The van der Waals surface area contributed by atoms with Crippen LogP contribution in [0.4, 0.5) is 5.95 Å². The van der Waals surface area contributed by atoms with Gasteiger partial charge in [-0.3, -0.25) is 19.2 Å². The third-order valence-corrected chi connectivity index (χ3v) is 9.29. The molecule has 3 aromatic rings. The van der Waals surface area contributed by atoms with Crippen molar-refractivity contribution in [2.45, 2.75) is 89.9 Å². The van der Waals surface area contributed by atoms with Crippen molar-refractivity contribution in [1.29, 1.82) is 0 Å². The Hall–Kier alpha value is -2.55. The molecule has 3 heterocycles. The predicted molar refractivity (Wildman–Crippen MR) is 157 cm³/mol. The summed E-state index contributed by atoms with van der Waals surface area (Å²) in [6.45, 7) is 12.4. The van der Waals surface area contributed by atoms with Gasteiger partial charge in [0.25, 0.3) is 5.56 Å². The highest BCUT2D eigenvalue weighted by Gasteiger charge is 2.31. The second-order valence-corrected chi connectivity index (χ2v) is 12.8. The summed E-state index contributed by atoms with van der Waals surface area (Å²) in [7, 11) is 0. The van der Waals surface area contributed by atoms with Crippen LogP contribution in [0.3, 0.4) is 0 Å². The Balaban J connectivity index is 1.35. The van der Waals surface area contributed by atoms with E-state index in [1.165, 1.54) is 18.4 Å². The number of rotatable bonds is 8. The molecule has 0 amide bonds. The van der Waals surface area contributed by atoms with Gasteiger partial charge in [0, 0.05) is 68.3 Å². The molecule has 0 atom stereocenters. The van der Waals surface area contributed by atoms with E-state index in [2.05, 4.69) is 52.1 Å². The molecule has 3 fully saturated rings. The molecule has 1 saturated heterocycles. The van der Waals surface area contributed by atoms with Gasteiger partial charge in [-0.1, -0.05) is 25.0 Å². The van der Waals surface area contributed by atoms with Gasteiger partial charge < -0.3 is 10.4 Å². The summed E-state index contributed by atoms with van der Waals surface area (Å²) < 4.78 is 1.92. The first kappa shape index (κ1) is 26.7. The average molecular weight is 533 g/mol. The van der Waals surface area contributed by atoms with Crippen molar-refractivity contribution in [3.05, 3.63) is 40.3 Å². The fraction of sp³-hybridized carbons (Fsp3) is 0.645. The molecule has 2 aromatic heterocycles. The van der Waals surface area contributed by atoms with Gasteiger partial charge in [0.15, 0.2) is 0 Å². The Kier molecular flexibility index (Phi) is 7.37. The lowest BCUT2D eigenvalue weighted by atomic mass is 9.83. The first-order chi connectivity index (χ1) is 18.8. The molecule has 6 rings (SSSR count). The summed E-state index contributed by atoms with van der Waals surface area (Å²) in [4.78, 5) is 28.8. The van der Waals surface area contributed by atoms with Crippen molar-refractivity contribution in [1.82, 2.24) is 24.3 Å². The molecule has 39 heavy (non-hydrogen) atoms. The average Bonchev–Trinajstić information content (AvgIpc) is 3.74. The molecule has 2 N–H and O–H groups in total. The van der Waals surface area contributed by atoms with E-state index in [1.807, 2.05) is 17.7 Å². The zero-order chi connectivity index (χ0) is 27.1. The number of piperazine rings is 1. The van der Waals surface area contributed by atoms with E-state index in [1.54, 1.807) is 0 Å². The Bertz CT molecular complexity index is 1380. The summed E-state index contributed by atoms with van der Waals surface area (Å²) in [6, 6.07) is 6.97. The molecule has 1 aromatic carbocycles. The summed E-state index contributed by atoms with van der Waals surface area (Å²) in [5.74, 6) is 1.43. The van der Waals surface area contributed by atoms with Crippen molar-refractivity contribution in [2.75, 3.05) is 38.0 Å². The number of aliphatic hydroxyl groups is 1. The number of nitrogens with zero attached hydrogens (tertiary/aromatic N) is 5. The second-order valence-electron chi connectivity index (χ2n) is 12.8. The zero-order valence-electron chi connectivity index (χ0n) is 23.8.